The zero-order valence-electron chi connectivity index (χ0n) is 13.7. The van der Waals surface area contributed by atoms with E-state index in [0.29, 0.717) is 0 Å². The number of carbonyl (C=O) groups is 1. The first-order valence-electron chi connectivity index (χ1n) is 7.62. The summed E-state index contributed by atoms with van der Waals surface area (Å²) in [5.74, 6) is -0.397. The largest absolute Gasteiger partial charge is 0.411 e. The maximum atomic E-state index is 13.7. The molecule has 3 aromatic rings. The van der Waals surface area contributed by atoms with Gasteiger partial charge >= 0.3 is 0 Å². The number of thioether (sulfide) groups is 1. The van der Waals surface area contributed by atoms with Crippen molar-refractivity contribution in [1.29, 1.82) is 0 Å². The Hall–Kier alpha value is -2.67. The normalized spacial score (nSPS) is 10.7. The van der Waals surface area contributed by atoms with Gasteiger partial charge in [0.15, 0.2) is 0 Å². The predicted molar refractivity (Wildman–Crippen MR) is 95.0 cm³/mol. The van der Waals surface area contributed by atoms with E-state index in [0.717, 1.165) is 28.6 Å². The molecule has 1 N–H and O–H groups in total. The fourth-order valence-corrected chi connectivity index (χ4v) is 2.89. The number of aryl methyl sites for hydroxylation is 2. The zero-order valence-corrected chi connectivity index (χ0v) is 14.6. The average molecular weight is 357 g/mol. The number of benzene rings is 2. The summed E-state index contributed by atoms with van der Waals surface area (Å²) < 4.78 is 19.1. The number of hydrogen-bond acceptors (Lipinski definition) is 5. The molecule has 0 fully saturated rings. The van der Waals surface area contributed by atoms with E-state index >= 15 is 0 Å². The predicted octanol–water partition coefficient (Wildman–Crippen LogP) is 4.22. The molecule has 0 atom stereocenters. The summed E-state index contributed by atoms with van der Waals surface area (Å²) in [7, 11) is 0. The van der Waals surface area contributed by atoms with Crippen LogP contribution in [0.3, 0.4) is 0 Å². The van der Waals surface area contributed by atoms with Gasteiger partial charge in [-0.25, -0.2) is 4.39 Å². The molecule has 25 heavy (non-hydrogen) atoms. The van der Waals surface area contributed by atoms with Crippen molar-refractivity contribution in [2.45, 2.75) is 19.1 Å². The Bertz CT molecular complexity index is 891. The highest BCUT2D eigenvalue weighted by Gasteiger charge is 2.14. The number of para-hydroxylation sites is 1. The van der Waals surface area contributed by atoms with Crippen LogP contribution in [-0.4, -0.2) is 21.9 Å². The van der Waals surface area contributed by atoms with Gasteiger partial charge in [-0.05, 0) is 37.1 Å². The molecule has 1 amide bonds. The molecule has 7 heteroatoms. The quantitative estimate of drug-likeness (QED) is 0.692. The lowest BCUT2D eigenvalue weighted by Gasteiger charge is -2.10. The Kier molecular flexibility index (Phi) is 5.14. The van der Waals surface area contributed by atoms with Gasteiger partial charge in [0.05, 0.1) is 11.3 Å². The minimum Gasteiger partial charge on any atom is -0.411 e. The fraction of sp³-hybridized carbons (Fsp3) is 0.167. The minimum absolute atomic E-state index is 0.0933. The van der Waals surface area contributed by atoms with Crippen LogP contribution in [0.1, 0.15) is 11.1 Å². The number of anilines is 1. The number of aromatic nitrogens is 2. The summed E-state index contributed by atoms with van der Waals surface area (Å²) in [5.41, 5.74) is 3.04. The third kappa shape index (κ3) is 4.06. The van der Waals surface area contributed by atoms with E-state index in [2.05, 4.69) is 15.5 Å². The van der Waals surface area contributed by atoms with Gasteiger partial charge in [-0.15, -0.1) is 10.2 Å². The van der Waals surface area contributed by atoms with E-state index in [1.54, 1.807) is 18.2 Å². The Morgan fingerprint density at radius 1 is 1.12 bits per heavy atom. The highest BCUT2D eigenvalue weighted by molar-refractivity contribution is 7.99. The number of nitrogens with one attached hydrogen (secondary N) is 1. The second kappa shape index (κ2) is 7.48. The number of nitrogens with zero attached hydrogens (tertiary/aromatic N) is 2. The topological polar surface area (TPSA) is 68.0 Å². The molecule has 0 aliphatic carbocycles. The molecule has 0 radical (unpaired) electrons. The van der Waals surface area contributed by atoms with E-state index in [1.165, 1.54) is 6.07 Å². The molecule has 0 saturated heterocycles. The monoisotopic (exact) mass is 357 g/mol. The molecular weight excluding hydrogens is 341 g/mol. The van der Waals surface area contributed by atoms with Crippen LogP contribution in [0.4, 0.5) is 10.1 Å². The lowest BCUT2D eigenvalue weighted by molar-refractivity contribution is -0.113. The lowest BCUT2D eigenvalue weighted by atomic mass is 10.1. The molecule has 0 bridgehead atoms. The number of rotatable bonds is 5. The van der Waals surface area contributed by atoms with Crippen molar-refractivity contribution in [3.05, 3.63) is 59.4 Å². The van der Waals surface area contributed by atoms with E-state index in [-0.39, 0.29) is 28.3 Å². The fourth-order valence-electron chi connectivity index (χ4n) is 2.33. The molecule has 5 nitrogen and oxygen atoms in total. The van der Waals surface area contributed by atoms with Crippen molar-refractivity contribution in [1.82, 2.24) is 10.2 Å². The number of hydrogen-bond donors (Lipinski definition) is 1. The third-order valence-electron chi connectivity index (χ3n) is 3.58. The van der Waals surface area contributed by atoms with Crippen molar-refractivity contribution in [3.63, 3.8) is 0 Å². The second-order valence-electron chi connectivity index (χ2n) is 5.46. The smallest absolute Gasteiger partial charge is 0.277 e. The Morgan fingerprint density at radius 2 is 1.84 bits per heavy atom. The van der Waals surface area contributed by atoms with Gasteiger partial charge in [0.2, 0.25) is 5.91 Å². The van der Waals surface area contributed by atoms with Gasteiger partial charge in [0.25, 0.3) is 11.1 Å². The van der Waals surface area contributed by atoms with Crippen LogP contribution in [0.25, 0.3) is 11.5 Å². The standard InChI is InChI=1S/C18H16FN3O2S/c1-11-6-5-7-12(2)16(11)20-15(23)10-25-18-22-21-17(24-18)13-8-3-4-9-14(13)19/h3-9H,10H2,1-2H3,(H,20,23). The Morgan fingerprint density at radius 3 is 2.56 bits per heavy atom. The lowest BCUT2D eigenvalue weighted by Crippen LogP contribution is -2.15. The summed E-state index contributed by atoms with van der Waals surface area (Å²) >= 11 is 1.11. The van der Waals surface area contributed by atoms with Crippen LogP contribution in [0.5, 0.6) is 0 Å². The highest BCUT2D eigenvalue weighted by Crippen LogP contribution is 2.25. The van der Waals surface area contributed by atoms with Gasteiger partial charge in [-0.3, -0.25) is 4.79 Å². The maximum absolute atomic E-state index is 13.7. The molecule has 3 rings (SSSR count). The van der Waals surface area contributed by atoms with E-state index in [4.69, 9.17) is 4.42 Å². The summed E-state index contributed by atoms with van der Waals surface area (Å²) in [6.07, 6.45) is 0. The molecule has 1 aromatic heterocycles. The van der Waals surface area contributed by atoms with Crippen LogP contribution in [-0.2, 0) is 4.79 Å². The van der Waals surface area contributed by atoms with Crippen molar-refractivity contribution >= 4 is 23.4 Å². The first-order chi connectivity index (χ1) is 12.0. The zero-order chi connectivity index (χ0) is 17.8. The third-order valence-corrected chi connectivity index (χ3v) is 4.40. The van der Waals surface area contributed by atoms with Crippen LogP contribution in [0.15, 0.2) is 52.1 Å². The van der Waals surface area contributed by atoms with Gasteiger partial charge in [-0.1, -0.05) is 42.1 Å². The van der Waals surface area contributed by atoms with Gasteiger partial charge < -0.3 is 9.73 Å². The number of halogens is 1. The molecule has 0 spiro atoms. The SMILES string of the molecule is Cc1cccc(C)c1NC(=O)CSc1nnc(-c2ccccc2F)o1. The number of carbonyl (C=O) groups excluding carboxylic acids is 1. The molecular formula is C18H16FN3O2S. The summed E-state index contributed by atoms with van der Waals surface area (Å²) in [6, 6.07) is 12.0. The number of amides is 1. The Labute approximate surface area is 148 Å². The first kappa shape index (κ1) is 17.2. The van der Waals surface area contributed by atoms with Gasteiger partial charge in [0.1, 0.15) is 5.82 Å². The van der Waals surface area contributed by atoms with Crippen molar-refractivity contribution in [2.24, 2.45) is 0 Å². The van der Waals surface area contributed by atoms with Crippen LogP contribution < -0.4 is 5.32 Å². The molecule has 0 saturated carbocycles. The van der Waals surface area contributed by atoms with Crippen molar-refractivity contribution in [2.75, 3.05) is 11.1 Å². The molecule has 0 unspecified atom stereocenters. The van der Waals surface area contributed by atoms with E-state index in [9.17, 15) is 9.18 Å². The summed E-state index contributed by atoms with van der Waals surface area (Å²) in [5, 5.41) is 10.8. The van der Waals surface area contributed by atoms with Crippen LogP contribution >= 0.6 is 11.8 Å². The first-order valence-corrected chi connectivity index (χ1v) is 8.60. The summed E-state index contributed by atoms with van der Waals surface area (Å²) in [4.78, 5) is 12.1. The van der Waals surface area contributed by atoms with Gasteiger partial charge in [-0.2, -0.15) is 0 Å². The maximum Gasteiger partial charge on any atom is 0.277 e. The van der Waals surface area contributed by atoms with Crippen molar-refractivity contribution in [3.8, 4) is 11.5 Å². The second-order valence-corrected chi connectivity index (χ2v) is 6.38. The van der Waals surface area contributed by atoms with E-state index in [1.807, 2.05) is 32.0 Å². The minimum atomic E-state index is -0.435. The molecule has 0 aliphatic heterocycles. The van der Waals surface area contributed by atoms with Crippen LogP contribution in [0, 0.1) is 19.7 Å². The Balaban J connectivity index is 1.63. The molecule has 128 valence electrons. The van der Waals surface area contributed by atoms with Crippen LogP contribution in [0.2, 0.25) is 0 Å². The van der Waals surface area contributed by atoms with E-state index < -0.39 is 5.82 Å². The van der Waals surface area contributed by atoms with Gasteiger partial charge in [0, 0.05) is 5.69 Å². The molecule has 2 aromatic carbocycles. The molecule has 1 heterocycles. The van der Waals surface area contributed by atoms with Crippen molar-refractivity contribution < 1.29 is 13.6 Å². The average Bonchev–Trinajstić information content (AvgIpc) is 3.06. The molecule has 0 aliphatic rings. The summed E-state index contributed by atoms with van der Waals surface area (Å²) in [6.45, 7) is 3.88. The highest BCUT2D eigenvalue weighted by atomic mass is 32.2.